The zero-order chi connectivity index (χ0) is 29.7. The third kappa shape index (κ3) is 3.85. The molecule has 226 valence electrons. The highest BCUT2D eigenvalue weighted by Gasteiger charge is 2.71. The molecule has 3 N–H and O–H groups in total. The van der Waals surface area contributed by atoms with Crippen LogP contribution < -0.4 is 0 Å². The summed E-state index contributed by atoms with van der Waals surface area (Å²) in [4.78, 5) is 13.0. The van der Waals surface area contributed by atoms with E-state index in [1.54, 1.807) is 13.0 Å². The Kier molecular flexibility index (Phi) is 7.13. The lowest BCUT2D eigenvalue weighted by Crippen LogP contribution is -2.69. The van der Waals surface area contributed by atoms with E-state index in [1.807, 2.05) is 6.92 Å². The number of aliphatic hydroxyl groups is 3. The normalized spacial score (nSPS) is 49.5. The van der Waals surface area contributed by atoms with Gasteiger partial charge in [-0.3, -0.25) is 0 Å². The van der Waals surface area contributed by atoms with Crippen molar-refractivity contribution in [2.75, 3.05) is 6.61 Å². The van der Waals surface area contributed by atoms with Gasteiger partial charge in [-0.1, -0.05) is 66.2 Å². The van der Waals surface area contributed by atoms with Crippen molar-refractivity contribution in [2.24, 2.45) is 50.2 Å². The van der Waals surface area contributed by atoms with Crippen LogP contribution in [0.1, 0.15) is 114 Å². The molecule has 4 fully saturated rings. The summed E-state index contributed by atoms with van der Waals surface area (Å²) in [5, 5.41) is 34.3. The largest absolute Gasteiger partial charge is 0.458 e. The summed E-state index contributed by atoms with van der Waals surface area (Å²) >= 11 is 0. The van der Waals surface area contributed by atoms with Crippen molar-refractivity contribution < 1.29 is 24.9 Å². The Hall–Kier alpha value is -1.17. The summed E-state index contributed by atoms with van der Waals surface area (Å²) in [6, 6.07) is 0. The molecule has 5 aliphatic rings. The van der Waals surface area contributed by atoms with Crippen LogP contribution in [0.5, 0.6) is 0 Å². The minimum atomic E-state index is -0.897. The summed E-state index contributed by atoms with van der Waals surface area (Å²) in [6.07, 6.45) is 9.83. The fraction of sp³-hybridized carbons (Fsp3) is 0.857. The molecule has 0 unspecified atom stereocenters. The number of ether oxygens (including phenoxy) is 1. The second kappa shape index (κ2) is 9.41. The fourth-order valence-corrected chi connectivity index (χ4v) is 11.4. The van der Waals surface area contributed by atoms with Crippen LogP contribution in [0, 0.1) is 50.2 Å². The Morgan fingerprint density at radius 2 is 1.65 bits per heavy atom. The third-order valence-electron chi connectivity index (χ3n) is 14.1. The molecule has 0 aromatic rings. The first-order valence-electron chi connectivity index (χ1n) is 16.0. The van der Waals surface area contributed by atoms with Gasteiger partial charge in [0.15, 0.2) is 0 Å². The Bertz CT molecular complexity index is 1100. The summed E-state index contributed by atoms with van der Waals surface area (Å²) in [5.74, 6) is 0.537. The number of hydrogen-bond acceptors (Lipinski definition) is 5. The van der Waals surface area contributed by atoms with Crippen LogP contribution in [-0.2, 0) is 9.53 Å². The van der Waals surface area contributed by atoms with E-state index in [9.17, 15) is 20.1 Å². The van der Waals surface area contributed by atoms with Gasteiger partial charge in [0, 0.05) is 5.57 Å². The summed E-state index contributed by atoms with van der Waals surface area (Å²) < 4.78 is 6.20. The van der Waals surface area contributed by atoms with E-state index in [0.717, 1.165) is 38.5 Å². The van der Waals surface area contributed by atoms with Gasteiger partial charge in [-0.05, 0) is 110 Å². The molecule has 10 atom stereocenters. The highest BCUT2D eigenvalue weighted by molar-refractivity contribution is 5.87. The molecule has 0 bridgehead atoms. The van der Waals surface area contributed by atoms with Crippen LogP contribution in [0.25, 0.3) is 0 Å². The van der Waals surface area contributed by atoms with E-state index in [2.05, 4.69) is 54.5 Å². The molecule has 0 aromatic heterocycles. The van der Waals surface area contributed by atoms with Gasteiger partial charge < -0.3 is 20.1 Å². The standard InChI is InChI=1S/C35H56O5/c1-10-21(2)29(39)40-28-19-30(3,4)17-23-22-11-12-25-32(7)15-14-26(37)31(5,6)24(32)13-16-33(25,8)34(22,9)18-27(38)35(23,28)20-36/h10-11,23-28,36-38H,12-20H2,1-9H3/b21-10+/t23-,24-,25+,26-,27+,28-,32-,33+,34+,35-/m0/s1. The van der Waals surface area contributed by atoms with Gasteiger partial charge in [0.1, 0.15) is 6.10 Å². The lowest BCUT2D eigenvalue weighted by Gasteiger charge is -2.72. The SMILES string of the molecule is C/C=C(\C)C(=O)O[C@H]1CC(C)(C)C[C@H]2C3=CC[C@@H]4[C@@]5(C)CC[C@H](O)C(C)(C)[C@@H]5CC[C@@]4(C)[C@]3(C)C[C@@H](O)[C@@]12CO. The Labute approximate surface area is 242 Å². The van der Waals surface area contributed by atoms with Crippen LogP contribution in [-0.4, -0.2) is 46.2 Å². The molecule has 5 aliphatic carbocycles. The first-order chi connectivity index (χ1) is 18.4. The summed E-state index contributed by atoms with van der Waals surface area (Å²) in [5.41, 5.74) is 0.763. The molecule has 0 amide bonds. The second-order valence-corrected chi connectivity index (χ2v) is 16.7. The molecule has 0 heterocycles. The van der Waals surface area contributed by atoms with E-state index >= 15 is 0 Å². The van der Waals surface area contributed by atoms with Gasteiger partial charge in [0.2, 0.25) is 0 Å². The number of hydrogen-bond donors (Lipinski definition) is 3. The van der Waals surface area contributed by atoms with Crippen LogP contribution in [0.3, 0.4) is 0 Å². The number of carbonyl (C=O) groups excluding carboxylic acids is 1. The Balaban J connectivity index is 1.60. The van der Waals surface area contributed by atoms with E-state index in [4.69, 9.17) is 4.74 Å². The van der Waals surface area contributed by atoms with E-state index < -0.39 is 17.6 Å². The average molecular weight is 557 g/mol. The molecule has 5 nitrogen and oxygen atoms in total. The van der Waals surface area contributed by atoms with E-state index in [-0.39, 0.29) is 51.7 Å². The molecule has 0 aromatic carbocycles. The lowest BCUT2D eigenvalue weighted by molar-refractivity contribution is -0.239. The Morgan fingerprint density at radius 3 is 2.27 bits per heavy atom. The van der Waals surface area contributed by atoms with Crippen LogP contribution >= 0.6 is 0 Å². The smallest absolute Gasteiger partial charge is 0.333 e. The van der Waals surface area contributed by atoms with Crippen molar-refractivity contribution >= 4 is 5.97 Å². The predicted molar refractivity (Wildman–Crippen MR) is 158 cm³/mol. The first-order valence-corrected chi connectivity index (χ1v) is 16.0. The third-order valence-corrected chi connectivity index (χ3v) is 14.1. The molecule has 4 saturated carbocycles. The molecular weight excluding hydrogens is 500 g/mol. The minimum Gasteiger partial charge on any atom is -0.458 e. The fourth-order valence-electron chi connectivity index (χ4n) is 11.4. The molecule has 40 heavy (non-hydrogen) atoms. The predicted octanol–water partition coefficient (Wildman–Crippen LogP) is 6.60. The maximum Gasteiger partial charge on any atom is 0.333 e. The van der Waals surface area contributed by atoms with Gasteiger partial charge >= 0.3 is 5.97 Å². The second-order valence-electron chi connectivity index (χ2n) is 16.7. The van der Waals surface area contributed by atoms with Crippen LogP contribution in [0.15, 0.2) is 23.3 Å². The van der Waals surface area contributed by atoms with Gasteiger partial charge in [0.25, 0.3) is 0 Å². The maximum absolute atomic E-state index is 13.0. The van der Waals surface area contributed by atoms with Crippen molar-refractivity contribution in [3.05, 3.63) is 23.3 Å². The van der Waals surface area contributed by atoms with Crippen molar-refractivity contribution in [1.29, 1.82) is 0 Å². The molecular formula is C35H56O5. The van der Waals surface area contributed by atoms with Crippen molar-refractivity contribution in [2.45, 2.75) is 132 Å². The number of esters is 1. The van der Waals surface area contributed by atoms with E-state index in [0.29, 0.717) is 30.3 Å². The van der Waals surface area contributed by atoms with Crippen molar-refractivity contribution in [3.8, 4) is 0 Å². The number of rotatable bonds is 3. The lowest BCUT2D eigenvalue weighted by atomic mass is 9.33. The number of carbonyl (C=O) groups is 1. The zero-order valence-corrected chi connectivity index (χ0v) is 26.6. The molecule has 5 rings (SSSR count). The Morgan fingerprint density at radius 1 is 0.975 bits per heavy atom. The number of allylic oxidation sites excluding steroid dienone is 3. The molecule has 0 aliphatic heterocycles. The summed E-state index contributed by atoms with van der Waals surface area (Å²) in [7, 11) is 0. The number of fused-ring (bicyclic) bond motifs is 7. The molecule has 0 radical (unpaired) electrons. The molecule has 0 saturated heterocycles. The average Bonchev–Trinajstić information content (AvgIpc) is 2.86. The van der Waals surface area contributed by atoms with Crippen LogP contribution in [0.4, 0.5) is 0 Å². The monoisotopic (exact) mass is 556 g/mol. The highest BCUT2D eigenvalue weighted by atomic mass is 16.5. The van der Waals surface area contributed by atoms with Gasteiger partial charge in [-0.25, -0.2) is 4.79 Å². The first kappa shape index (κ1) is 30.3. The highest BCUT2D eigenvalue weighted by Crippen LogP contribution is 2.75. The van der Waals surface area contributed by atoms with Gasteiger partial charge in [-0.2, -0.15) is 0 Å². The molecule has 0 spiro atoms. The molecule has 5 heteroatoms. The quantitative estimate of drug-likeness (QED) is 0.207. The van der Waals surface area contributed by atoms with Crippen LogP contribution in [0.2, 0.25) is 0 Å². The topological polar surface area (TPSA) is 87.0 Å². The summed E-state index contributed by atoms with van der Waals surface area (Å²) in [6.45, 7) is 19.8. The number of aliphatic hydroxyl groups excluding tert-OH is 3. The maximum atomic E-state index is 13.0. The van der Waals surface area contributed by atoms with Gasteiger partial charge in [-0.15, -0.1) is 0 Å². The van der Waals surface area contributed by atoms with Gasteiger partial charge in [0.05, 0.1) is 24.2 Å². The zero-order valence-electron chi connectivity index (χ0n) is 26.6. The minimum absolute atomic E-state index is 0.00139. The van der Waals surface area contributed by atoms with E-state index in [1.165, 1.54) is 5.57 Å². The van der Waals surface area contributed by atoms with Crippen molar-refractivity contribution in [1.82, 2.24) is 0 Å². The van der Waals surface area contributed by atoms with Crippen molar-refractivity contribution in [3.63, 3.8) is 0 Å².